The Bertz CT molecular complexity index is 1390. The summed E-state index contributed by atoms with van der Waals surface area (Å²) >= 11 is 1.55. The first kappa shape index (κ1) is 18.5. The van der Waals surface area contributed by atoms with Gasteiger partial charge < -0.3 is 5.11 Å². The Hall–Kier alpha value is -3.54. The van der Waals surface area contributed by atoms with Crippen molar-refractivity contribution in [3.05, 3.63) is 101 Å². The van der Waals surface area contributed by atoms with Gasteiger partial charge in [0.25, 0.3) is 0 Å². The lowest BCUT2D eigenvalue weighted by Gasteiger charge is -2.03. The van der Waals surface area contributed by atoms with Crippen LogP contribution in [0.2, 0.25) is 0 Å². The Balaban J connectivity index is 1.52. The number of imidazole rings is 1. The van der Waals surface area contributed by atoms with E-state index < -0.39 is 0 Å². The van der Waals surface area contributed by atoms with E-state index in [1.54, 1.807) is 17.4 Å². The van der Waals surface area contributed by atoms with Crippen molar-refractivity contribution in [3.63, 3.8) is 0 Å². The lowest BCUT2D eigenvalue weighted by molar-refractivity contribution is 0.104. The third-order valence-electron chi connectivity index (χ3n) is 5.14. The molecule has 0 aliphatic carbocycles. The van der Waals surface area contributed by atoms with Crippen molar-refractivity contribution in [2.75, 3.05) is 0 Å². The van der Waals surface area contributed by atoms with Crippen LogP contribution in [0.25, 0.3) is 33.1 Å². The van der Waals surface area contributed by atoms with Crippen LogP contribution < -0.4 is 0 Å². The summed E-state index contributed by atoms with van der Waals surface area (Å²) in [6, 6.07) is 21.4. The van der Waals surface area contributed by atoms with Crippen molar-refractivity contribution < 1.29 is 9.90 Å². The molecule has 0 fully saturated rings. The number of fused-ring (bicyclic) bond motifs is 2. The number of benzene rings is 3. The largest absolute Gasteiger partial charge is 0.392 e. The predicted octanol–water partition coefficient (Wildman–Crippen LogP) is 5.60. The zero-order valence-electron chi connectivity index (χ0n) is 16.0. The fraction of sp³-hybridized carbons (Fsp3) is 0.0400. The van der Waals surface area contributed by atoms with E-state index in [2.05, 4.69) is 0 Å². The Kier molecular flexibility index (Phi) is 4.75. The van der Waals surface area contributed by atoms with Crippen LogP contribution in [-0.4, -0.2) is 20.3 Å². The molecule has 5 heteroatoms. The highest BCUT2D eigenvalue weighted by molar-refractivity contribution is 7.15. The van der Waals surface area contributed by atoms with Gasteiger partial charge in [0, 0.05) is 22.7 Å². The van der Waals surface area contributed by atoms with Crippen LogP contribution in [0.1, 0.15) is 21.6 Å². The highest BCUT2D eigenvalue weighted by atomic mass is 32.1. The molecule has 30 heavy (non-hydrogen) atoms. The first-order valence-corrected chi connectivity index (χ1v) is 10.5. The third-order valence-corrected chi connectivity index (χ3v) is 5.89. The molecule has 0 aliphatic rings. The molecule has 2 aromatic heterocycles. The van der Waals surface area contributed by atoms with E-state index in [1.165, 1.54) is 0 Å². The quantitative estimate of drug-likeness (QED) is 0.303. The maximum absolute atomic E-state index is 12.8. The summed E-state index contributed by atoms with van der Waals surface area (Å²) in [5.41, 5.74) is 4.13. The Morgan fingerprint density at radius 2 is 1.83 bits per heavy atom. The third kappa shape index (κ3) is 3.34. The van der Waals surface area contributed by atoms with Crippen LogP contribution >= 0.6 is 11.3 Å². The molecule has 5 rings (SSSR count). The molecule has 0 bridgehead atoms. The SMILES string of the molecule is O=C(C=Cc1c(-c2ccc(CO)cc2)nc2sccn12)c1ccc2ccccc2c1. The molecule has 4 nitrogen and oxygen atoms in total. The highest BCUT2D eigenvalue weighted by Gasteiger charge is 2.13. The normalized spacial score (nSPS) is 11.6. The summed E-state index contributed by atoms with van der Waals surface area (Å²) in [7, 11) is 0. The smallest absolute Gasteiger partial charge is 0.194 e. The van der Waals surface area contributed by atoms with E-state index >= 15 is 0 Å². The number of carbonyl (C=O) groups is 1. The molecule has 0 spiro atoms. The predicted molar refractivity (Wildman–Crippen MR) is 122 cm³/mol. The van der Waals surface area contributed by atoms with E-state index in [4.69, 9.17) is 4.98 Å². The van der Waals surface area contributed by atoms with Gasteiger partial charge in [-0.05, 0) is 34.6 Å². The van der Waals surface area contributed by atoms with Crippen molar-refractivity contribution >= 4 is 38.9 Å². The number of aliphatic hydroxyl groups is 1. The number of aliphatic hydroxyl groups excluding tert-OH is 1. The summed E-state index contributed by atoms with van der Waals surface area (Å²) < 4.78 is 1.99. The molecule has 0 saturated carbocycles. The summed E-state index contributed by atoms with van der Waals surface area (Å²) in [5.74, 6) is -0.0486. The molecule has 0 radical (unpaired) electrons. The minimum atomic E-state index is -0.0486. The fourth-order valence-corrected chi connectivity index (χ4v) is 4.26. The lowest BCUT2D eigenvalue weighted by atomic mass is 10.0. The Morgan fingerprint density at radius 1 is 1.03 bits per heavy atom. The average Bonchev–Trinajstić information content (AvgIpc) is 3.39. The molecule has 0 aliphatic heterocycles. The second-order valence-corrected chi connectivity index (χ2v) is 7.89. The summed E-state index contributed by atoms with van der Waals surface area (Å²) in [6.45, 7) is 0.00554. The first-order chi connectivity index (χ1) is 14.7. The molecule has 0 saturated heterocycles. The van der Waals surface area contributed by atoms with Crippen LogP contribution in [0.3, 0.4) is 0 Å². The molecule has 1 N–H and O–H groups in total. The van der Waals surface area contributed by atoms with Crippen LogP contribution in [0, 0.1) is 0 Å². The van der Waals surface area contributed by atoms with Gasteiger partial charge in [0.1, 0.15) is 0 Å². The van der Waals surface area contributed by atoms with Crippen molar-refractivity contribution in [1.82, 2.24) is 9.38 Å². The van der Waals surface area contributed by atoms with Gasteiger partial charge in [-0.1, -0.05) is 60.7 Å². The highest BCUT2D eigenvalue weighted by Crippen LogP contribution is 2.28. The van der Waals surface area contributed by atoms with Crippen LogP contribution in [0.4, 0.5) is 0 Å². The topological polar surface area (TPSA) is 54.6 Å². The van der Waals surface area contributed by atoms with Gasteiger partial charge in [-0.2, -0.15) is 0 Å². The zero-order chi connectivity index (χ0) is 20.5. The Labute approximate surface area is 177 Å². The molecular weight excluding hydrogens is 392 g/mol. The van der Waals surface area contributed by atoms with Crippen molar-refractivity contribution in [3.8, 4) is 11.3 Å². The minimum absolute atomic E-state index is 0.00554. The molecule has 0 atom stereocenters. The maximum atomic E-state index is 12.8. The molecule has 0 amide bonds. The van der Waals surface area contributed by atoms with Crippen molar-refractivity contribution in [2.45, 2.75) is 6.61 Å². The van der Waals surface area contributed by atoms with Gasteiger partial charge >= 0.3 is 0 Å². The number of ketones is 1. The summed E-state index contributed by atoms with van der Waals surface area (Å²) in [4.78, 5) is 18.5. The van der Waals surface area contributed by atoms with E-state index in [1.807, 2.05) is 88.8 Å². The van der Waals surface area contributed by atoms with E-state index in [0.717, 1.165) is 38.2 Å². The number of carbonyl (C=O) groups excluding carboxylic acids is 1. The van der Waals surface area contributed by atoms with Crippen LogP contribution in [0.5, 0.6) is 0 Å². The van der Waals surface area contributed by atoms with Gasteiger partial charge in [0.15, 0.2) is 10.7 Å². The zero-order valence-corrected chi connectivity index (χ0v) is 16.8. The van der Waals surface area contributed by atoms with Crippen LogP contribution in [0.15, 0.2) is 84.4 Å². The number of hydrogen-bond donors (Lipinski definition) is 1. The van der Waals surface area contributed by atoms with E-state index in [-0.39, 0.29) is 12.4 Å². The molecule has 3 aromatic carbocycles. The molecule has 146 valence electrons. The van der Waals surface area contributed by atoms with Gasteiger partial charge in [0.2, 0.25) is 0 Å². The number of allylic oxidation sites excluding steroid dienone is 1. The molecule has 2 heterocycles. The van der Waals surface area contributed by atoms with Crippen LogP contribution in [-0.2, 0) is 6.61 Å². The van der Waals surface area contributed by atoms with Gasteiger partial charge in [0.05, 0.1) is 18.0 Å². The van der Waals surface area contributed by atoms with Gasteiger partial charge in [-0.15, -0.1) is 11.3 Å². The summed E-state index contributed by atoms with van der Waals surface area (Å²) in [5, 5.41) is 13.4. The van der Waals surface area contributed by atoms with E-state index in [9.17, 15) is 9.90 Å². The first-order valence-electron chi connectivity index (χ1n) is 9.60. The minimum Gasteiger partial charge on any atom is -0.392 e. The van der Waals surface area contributed by atoms with Gasteiger partial charge in [-0.3, -0.25) is 9.20 Å². The molecule has 5 aromatic rings. The lowest BCUT2D eigenvalue weighted by Crippen LogP contribution is -1.95. The number of hydrogen-bond acceptors (Lipinski definition) is 4. The number of aromatic nitrogens is 2. The van der Waals surface area contributed by atoms with E-state index in [0.29, 0.717) is 5.56 Å². The Morgan fingerprint density at radius 3 is 2.63 bits per heavy atom. The summed E-state index contributed by atoms with van der Waals surface area (Å²) in [6.07, 6.45) is 5.40. The monoisotopic (exact) mass is 410 g/mol. The standard InChI is InChI=1S/C25H18N2O2S/c28-16-17-5-7-19(8-6-17)24-22(27-13-14-30-25(27)26-24)11-12-23(29)21-10-9-18-3-1-2-4-20(18)15-21/h1-15,28H,16H2. The molecule has 0 unspecified atom stereocenters. The average molecular weight is 410 g/mol. The maximum Gasteiger partial charge on any atom is 0.194 e. The second kappa shape index (κ2) is 7.71. The number of rotatable bonds is 5. The van der Waals surface area contributed by atoms with Crippen molar-refractivity contribution in [1.29, 1.82) is 0 Å². The number of nitrogens with zero attached hydrogens (tertiary/aromatic N) is 2. The molecular formula is C25H18N2O2S. The van der Waals surface area contributed by atoms with Crippen molar-refractivity contribution in [2.24, 2.45) is 0 Å². The fourth-order valence-electron chi connectivity index (χ4n) is 3.54. The second-order valence-electron chi connectivity index (χ2n) is 7.02. The van der Waals surface area contributed by atoms with Gasteiger partial charge in [-0.25, -0.2) is 4.98 Å². The number of thiazole rings is 1.